The molecule has 1 aliphatic carbocycles. The summed E-state index contributed by atoms with van der Waals surface area (Å²) in [4.78, 5) is 14.1. The summed E-state index contributed by atoms with van der Waals surface area (Å²) in [6.07, 6.45) is 2.55. The maximum absolute atomic E-state index is 10.7. The highest BCUT2D eigenvalue weighted by molar-refractivity contribution is 9.10. The molecule has 1 aromatic heterocycles. The van der Waals surface area contributed by atoms with E-state index >= 15 is 0 Å². The van der Waals surface area contributed by atoms with Crippen molar-refractivity contribution in [3.05, 3.63) is 32.5 Å². The topological polar surface area (TPSA) is 76.3 Å². The fraction of sp³-hybridized carbons (Fsp3) is 0.375. The van der Waals surface area contributed by atoms with Gasteiger partial charge in [-0.2, -0.15) is 0 Å². The molecule has 1 saturated carbocycles. The maximum atomic E-state index is 10.7. The number of hydrogen-bond acceptors (Lipinski definition) is 4. The molecule has 0 aliphatic heterocycles. The maximum Gasteiger partial charge on any atom is 0.294 e. The summed E-state index contributed by atoms with van der Waals surface area (Å²) in [5.41, 5.74) is -1.02. The Morgan fingerprint density at radius 3 is 2.79 bits per heavy atom. The van der Waals surface area contributed by atoms with Gasteiger partial charge in [0.25, 0.3) is 5.69 Å². The van der Waals surface area contributed by atoms with Crippen LogP contribution in [0.25, 0.3) is 0 Å². The van der Waals surface area contributed by atoms with Crippen molar-refractivity contribution in [2.45, 2.75) is 18.4 Å². The van der Waals surface area contributed by atoms with Gasteiger partial charge in [0.2, 0.25) is 0 Å². The van der Waals surface area contributed by atoms with E-state index in [0.29, 0.717) is 17.3 Å². The third-order valence-corrected chi connectivity index (χ3v) is 2.63. The molecule has 6 heteroatoms. The number of pyridine rings is 1. The summed E-state index contributed by atoms with van der Waals surface area (Å²) in [6.45, 7) is 0. The minimum Gasteiger partial charge on any atom is -0.383 e. The standard InChI is InChI=1S/C8H7BrN2O3/c9-5-3-6(11(13)14)7(10-4-5)8(12)1-2-8/h3-4,12H,1-2H2. The summed E-state index contributed by atoms with van der Waals surface area (Å²) < 4.78 is 0.539. The van der Waals surface area contributed by atoms with Crippen molar-refractivity contribution in [2.75, 3.05) is 0 Å². The number of aromatic nitrogens is 1. The van der Waals surface area contributed by atoms with Gasteiger partial charge in [-0.05, 0) is 28.8 Å². The van der Waals surface area contributed by atoms with Gasteiger partial charge in [-0.25, -0.2) is 4.98 Å². The fourth-order valence-electron chi connectivity index (χ4n) is 1.28. The van der Waals surface area contributed by atoms with Gasteiger partial charge in [0.15, 0.2) is 0 Å². The molecule has 1 heterocycles. The zero-order valence-corrected chi connectivity index (χ0v) is 8.69. The van der Waals surface area contributed by atoms with E-state index in [2.05, 4.69) is 20.9 Å². The van der Waals surface area contributed by atoms with Crippen molar-refractivity contribution < 1.29 is 10.0 Å². The molecule has 2 rings (SSSR count). The molecule has 0 saturated heterocycles. The lowest BCUT2D eigenvalue weighted by molar-refractivity contribution is -0.386. The molecule has 14 heavy (non-hydrogen) atoms. The van der Waals surface area contributed by atoms with Crippen molar-refractivity contribution in [3.63, 3.8) is 0 Å². The second kappa shape index (κ2) is 2.99. The van der Waals surface area contributed by atoms with Crippen LogP contribution in [0.5, 0.6) is 0 Å². The van der Waals surface area contributed by atoms with E-state index in [-0.39, 0.29) is 11.4 Å². The molecular formula is C8H7BrN2O3. The molecule has 0 spiro atoms. The lowest BCUT2D eigenvalue weighted by Crippen LogP contribution is -2.10. The highest BCUT2D eigenvalue weighted by Gasteiger charge is 2.48. The Labute approximate surface area is 88.1 Å². The van der Waals surface area contributed by atoms with Gasteiger partial charge in [-0.1, -0.05) is 0 Å². The Balaban J connectivity index is 2.54. The molecule has 0 amide bonds. The molecule has 0 unspecified atom stereocenters. The minimum atomic E-state index is -1.07. The smallest absolute Gasteiger partial charge is 0.294 e. The second-order valence-corrected chi connectivity index (χ2v) is 4.23. The highest BCUT2D eigenvalue weighted by Crippen LogP contribution is 2.47. The van der Waals surface area contributed by atoms with Gasteiger partial charge in [0.05, 0.1) is 4.92 Å². The highest BCUT2D eigenvalue weighted by atomic mass is 79.9. The first kappa shape index (κ1) is 9.54. The third-order valence-electron chi connectivity index (χ3n) is 2.20. The van der Waals surface area contributed by atoms with E-state index in [9.17, 15) is 15.2 Å². The lowest BCUT2D eigenvalue weighted by atomic mass is 10.2. The Morgan fingerprint density at radius 2 is 2.29 bits per heavy atom. The van der Waals surface area contributed by atoms with Gasteiger partial charge in [0, 0.05) is 16.7 Å². The predicted octanol–water partition coefficient (Wildman–Crippen LogP) is 1.73. The minimum absolute atomic E-state index is 0.126. The molecule has 0 atom stereocenters. The average molecular weight is 259 g/mol. The largest absolute Gasteiger partial charge is 0.383 e. The molecule has 0 aromatic carbocycles. The SMILES string of the molecule is O=[N+]([O-])c1cc(Br)cnc1C1(O)CC1. The molecule has 1 aromatic rings. The van der Waals surface area contributed by atoms with E-state index in [0.717, 1.165) is 0 Å². The Hall–Kier alpha value is -1.01. The molecule has 1 N–H and O–H groups in total. The Kier molecular flexibility index (Phi) is 2.04. The summed E-state index contributed by atoms with van der Waals surface area (Å²) in [6, 6.07) is 1.36. The number of aliphatic hydroxyl groups is 1. The first-order valence-electron chi connectivity index (χ1n) is 4.06. The first-order valence-corrected chi connectivity index (χ1v) is 4.85. The van der Waals surface area contributed by atoms with Crippen LogP contribution in [0.4, 0.5) is 5.69 Å². The van der Waals surface area contributed by atoms with Crippen molar-refractivity contribution in [2.24, 2.45) is 0 Å². The van der Waals surface area contributed by atoms with Gasteiger partial charge in [-0.3, -0.25) is 10.1 Å². The van der Waals surface area contributed by atoms with E-state index < -0.39 is 10.5 Å². The van der Waals surface area contributed by atoms with Crippen LogP contribution in [0, 0.1) is 10.1 Å². The monoisotopic (exact) mass is 258 g/mol. The van der Waals surface area contributed by atoms with E-state index in [1.54, 1.807) is 0 Å². The van der Waals surface area contributed by atoms with Crippen LogP contribution in [-0.2, 0) is 5.60 Å². The summed E-state index contributed by atoms with van der Waals surface area (Å²) in [5, 5.41) is 20.4. The van der Waals surface area contributed by atoms with Crippen LogP contribution in [0.15, 0.2) is 16.7 Å². The van der Waals surface area contributed by atoms with Crippen LogP contribution < -0.4 is 0 Å². The summed E-state index contributed by atoms with van der Waals surface area (Å²) in [5.74, 6) is 0. The van der Waals surface area contributed by atoms with Crippen LogP contribution >= 0.6 is 15.9 Å². The normalized spacial score (nSPS) is 17.9. The fourth-order valence-corrected chi connectivity index (χ4v) is 1.60. The van der Waals surface area contributed by atoms with Crippen molar-refractivity contribution >= 4 is 21.6 Å². The Bertz CT molecular complexity index is 404. The van der Waals surface area contributed by atoms with E-state index in [1.165, 1.54) is 12.3 Å². The zero-order valence-electron chi connectivity index (χ0n) is 7.11. The van der Waals surface area contributed by atoms with Gasteiger partial charge >= 0.3 is 0 Å². The van der Waals surface area contributed by atoms with Crippen molar-refractivity contribution in [1.29, 1.82) is 0 Å². The van der Waals surface area contributed by atoms with Crippen LogP contribution in [0.1, 0.15) is 18.5 Å². The number of nitrogens with zero attached hydrogens (tertiary/aromatic N) is 2. The second-order valence-electron chi connectivity index (χ2n) is 3.31. The molecule has 74 valence electrons. The Morgan fingerprint density at radius 1 is 1.64 bits per heavy atom. The summed E-state index contributed by atoms with van der Waals surface area (Å²) >= 11 is 3.10. The number of hydrogen-bond donors (Lipinski definition) is 1. The van der Waals surface area contributed by atoms with Gasteiger partial charge < -0.3 is 5.11 Å². The molecule has 0 bridgehead atoms. The van der Waals surface area contributed by atoms with Crippen LogP contribution in [0.3, 0.4) is 0 Å². The molecule has 0 radical (unpaired) electrons. The number of halogens is 1. The number of rotatable bonds is 2. The van der Waals surface area contributed by atoms with Crippen molar-refractivity contribution in [3.8, 4) is 0 Å². The zero-order chi connectivity index (χ0) is 10.3. The number of nitro groups is 1. The van der Waals surface area contributed by atoms with Gasteiger partial charge in [-0.15, -0.1) is 0 Å². The van der Waals surface area contributed by atoms with E-state index in [4.69, 9.17) is 0 Å². The molecule has 1 fully saturated rings. The quantitative estimate of drug-likeness (QED) is 0.648. The van der Waals surface area contributed by atoms with Crippen molar-refractivity contribution in [1.82, 2.24) is 4.98 Å². The molecule has 1 aliphatic rings. The van der Waals surface area contributed by atoms with Crippen LogP contribution in [0.2, 0.25) is 0 Å². The third kappa shape index (κ3) is 1.51. The van der Waals surface area contributed by atoms with E-state index in [1.807, 2.05) is 0 Å². The predicted molar refractivity (Wildman–Crippen MR) is 51.7 cm³/mol. The van der Waals surface area contributed by atoms with Gasteiger partial charge in [0.1, 0.15) is 11.3 Å². The lowest BCUT2D eigenvalue weighted by Gasteiger charge is -2.06. The first-order chi connectivity index (χ1) is 6.53. The molecule has 5 nitrogen and oxygen atoms in total. The summed E-state index contributed by atoms with van der Waals surface area (Å²) in [7, 11) is 0. The molecular weight excluding hydrogens is 252 g/mol. The van der Waals surface area contributed by atoms with Crippen LogP contribution in [-0.4, -0.2) is 15.0 Å². The average Bonchev–Trinajstić information content (AvgIpc) is 2.84.